The molecule has 0 saturated carbocycles. The number of H-pyrrole nitrogens is 1. The number of fused-ring (bicyclic) bond motifs is 6. The largest absolute Gasteiger partial charge is 0.342 e. The van der Waals surface area contributed by atoms with Gasteiger partial charge in [0.15, 0.2) is 0 Å². The first-order chi connectivity index (χ1) is 16.9. The lowest BCUT2D eigenvalue weighted by molar-refractivity contribution is 0.631. The van der Waals surface area contributed by atoms with Gasteiger partial charge in [0, 0.05) is 35.2 Å². The van der Waals surface area contributed by atoms with Crippen LogP contribution < -0.4 is 0 Å². The Morgan fingerprint density at radius 1 is 0.857 bits per heavy atom. The van der Waals surface area contributed by atoms with Crippen molar-refractivity contribution in [2.75, 3.05) is 0 Å². The molecule has 174 valence electrons. The van der Waals surface area contributed by atoms with Crippen LogP contribution in [0.1, 0.15) is 45.0 Å². The minimum absolute atomic E-state index is 0.256. The fourth-order valence-corrected chi connectivity index (χ4v) is 4.87. The van der Waals surface area contributed by atoms with E-state index in [1.165, 1.54) is 11.3 Å². The Morgan fingerprint density at radius 3 is 2.40 bits per heavy atom. The Balaban J connectivity index is 1.47. The normalized spacial score (nSPS) is 13.3. The predicted octanol–water partition coefficient (Wildman–Crippen LogP) is 7.39. The molecule has 0 fully saturated rings. The molecule has 1 aliphatic heterocycles. The maximum atomic E-state index is 15.2. The van der Waals surface area contributed by atoms with Gasteiger partial charge in [-0.05, 0) is 51.6 Å². The van der Waals surface area contributed by atoms with Crippen LogP contribution in [-0.2, 0) is 6.42 Å². The van der Waals surface area contributed by atoms with E-state index in [4.69, 9.17) is 4.99 Å². The molecule has 6 rings (SSSR count). The molecule has 5 aromatic rings. The van der Waals surface area contributed by atoms with E-state index in [1.807, 2.05) is 18.3 Å². The first-order valence-electron chi connectivity index (χ1n) is 12.0. The number of nitrogens with one attached hydrogen (secondary N) is 1. The first kappa shape index (κ1) is 21.6. The molecule has 0 unspecified atom stereocenters. The summed E-state index contributed by atoms with van der Waals surface area (Å²) in [5, 5.41) is 3.19. The molecule has 1 aliphatic rings. The van der Waals surface area contributed by atoms with Gasteiger partial charge in [0.1, 0.15) is 23.5 Å². The standard InChI is InChI=1S/C29H26FN5/c1-15(2)25-11-22-19-7-5-17(9-21(19)23-12-31-14-33-27(23)28(22)34-25)18-6-8-20(24(30)10-18)26-13-32-29(35-26)16(3)4/h5-10,12-16H,11H2,1-4H3,(H,32,35). The zero-order chi connectivity index (χ0) is 24.3. The number of halogens is 1. The monoisotopic (exact) mass is 463 g/mol. The van der Waals surface area contributed by atoms with Crippen LogP contribution in [0.15, 0.2) is 60.1 Å². The van der Waals surface area contributed by atoms with Crippen molar-refractivity contribution < 1.29 is 4.39 Å². The summed E-state index contributed by atoms with van der Waals surface area (Å²) in [5.74, 6) is 1.20. The smallest absolute Gasteiger partial charge is 0.133 e. The summed E-state index contributed by atoms with van der Waals surface area (Å²) in [6.45, 7) is 8.46. The van der Waals surface area contributed by atoms with Crippen LogP contribution in [0, 0.1) is 11.7 Å². The highest BCUT2D eigenvalue weighted by Gasteiger charge is 2.24. The average Bonchev–Trinajstić information content (AvgIpc) is 3.52. The molecule has 0 amide bonds. The number of aromatic amines is 1. The van der Waals surface area contributed by atoms with Gasteiger partial charge in [0.2, 0.25) is 0 Å². The lowest BCUT2D eigenvalue weighted by Crippen LogP contribution is -2.06. The third-order valence-electron chi connectivity index (χ3n) is 6.87. The summed E-state index contributed by atoms with van der Waals surface area (Å²) in [7, 11) is 0. The number of nitrogens with zero attached hydrogens (tertiary/aromatic N) is 4. The lowest BCUT2D eigenvalue weighted by atomic mass is 9.92. The maximum Gasteiger partial charge on any atom is 0.133 e. The van der Waals surface area contributed by atoms with Crippen molar-refractivity contribution in [2.45, 2.75) is 40.0 Å². The van der Waals surface area contributed by atoms with Crippen LogP contribution in [0.3, 0.4) is 0 Å². The van der Waals surface area contributed by atoms with Crippen molar-refractivity contribution in [1.82, 2.24) is 19.9 Å². The molecule has 2 aromatic heterocycles. The average molecular weight is 464 g/mol. The Kier molecular flexibility index (Phi) is 4.99. The topological polar surface area (TPSA) is 66.8 Å². The van der Waals surface area contributed by atoms with Crippen LogP contribution in [0.5, 0.6) is 0 Å². The van der Waals surface area contributed by atoms with E-state index in [-0.39, 0.29) is 11.7 Å². The predicted molar refractivity (Wildman–Crippen MR) is 140 cm³/mol. The third-order valence-corrected chi connectivity index (χ3v) is 6.87. The fourth-order valence-electron chi connectivity index (χ4n) is 4.87. The summed E-state index contributed by atoms with van der Waals surface area (Å²) in [5.41, 5.74) is 7.20. The summed E-state index contributed by atoms with van der Waals surface area (Å²) >= 11 is 0. The minimum atomic E-state index is -0.279. The summed E-state index contributed by atoms with van der Waals surface area (Å²) < 4.78 is 15.2. The second-order valence-corrected chi connectivity index (χ2v) is 9.84. The van der Waals surface area contributed by atoms with Crippen molar-refractivity contribution >= 4 is 33.1 Å². The highest BCUT2D eigenvalue weighted by atomic mass is 19.1. The second kappa shape index (κ2) is 8.08. The van der Waals surface area contributed by atoms with Gasteiger partial charge in [0.25, 0.3) is 0 Å². The van der Waals surface area contributed by atoms with Crippen LogP contribution >= 0.6 is 0 Å². The van der Waals surface area contributed by atoms with E-state index < -0.39 is 0 Å². The molecule has 3 heterocycles. The van der Waals surface area contributed by atoms with E-state index >= 15 is 4.39 Å². The summed E-state index contributed by atoms with van der Waals surface area (Å²) in [4.78, 5) is 21.4. The van der Waals surface area contributed by atoms with Crippen molar-refractivity contribution in [1.29, 1.82) is 0 Å². The summed E-state index contributed by atoms with van der Waals surface area (Å²) in [6, 6.07) is 11.7. The van der Waals surface area contributed by atoms with Gasteiger partial charge in [-0.2, -0.15) is 0 Å². The van der Waals surface area contributed by atoms with E-state index in [2.05, 4.69) is 65.8 Å². The van der Waals surface area contributed by atoms with E-state index in [0.29, 0.717) is 17.2 Å². The quantitative estimate of drug-likeness (QED) is 0.283. The minimum Gasteiger partial charge on any atom is -0.342 e. The maximum absolute atomic E-state index is 15.2. The molecule has 35 heavy (non-hydrogen) atoms. The molecule has 0 saturated heterocycles. The number of aliphatic imine (C=N–C) groups is 1. The lowest BCUT2D eigenvalue weighted by Gasteiger charge is -2.12. The third kappa shape index (κ3) is 3.52. The number of benzene rings is 3. The van der Waals surface area contributed by atoms with E-state index in [0.717, 1.165) is 50.7 Å². The number of hydrogen-bond acceptors (Lipinski definition) is 4. The van der Waals surface area contributed by atoms with E-state index in [1.54, 1.807) is 18.6 Å². The Hall–Kier alpha value is -3.93. The molecule has 0 radical (unpaired) electrons. The molecule has 3 aromatic carbocycles. The van der Waals surface area contributed by atoms with Gasteiger partial charge in [-0.3, -0.25) is 4.99 Å². The molecular weight excluding hydrogens is 437 g/mol. The molecule has 0 bridgehead atoms. The highest BCUT2D eigenvalue weighted by Crippen LogP contribution is 2.42. The zero-order valence-electron chi connectivity index (χ0n) is 20.2. The number of hydrogen-bond donors (Lipinski definition) is 1. The van der Waals surface area contributed by atoms with Gasteiger partial charge >= 0.3 is 0 Å². The van der Waals surface area contributed by atoms with Gasteiger partial charge in [0.05, 0.1) is 17.6 Å². The van der Waals surface area contributed by atoms with Gasteiger partial charge in [-0.25, -0.2) is 19.3 Å². The molecule has 0 spiro atoms. The molecular formula is C29H26FN5. The van der Waals surface area contributed by atoms with Gasteiger partial charge < -0.3 is 4.98 Å². The number of imidazole rings is 1. The van der Waals surface area contributed by atoms with Crippen LogP contribution in [-0.4, -0.2) is 25.6 Å². The number of rotatable bonds is 4. The summed E-state index contributed by atoms with van der Waals surface area (Å²) in [6.07, 6.45) is 5.96. The molecule has 6 heteroatoms. The Labute approximate surface area is 203 Å². The Bertz CT molecular complexity index is 1640. The Morgan fingerprint density at radius 2 is 1.66 bits per heavy atom. The van der Waals surface area contributed by atoms with Crippen LogP contribution in [0.25, 0.3) is 44.1 Å². The van der Waals surface area contributed by atoms with Crippen LogP contribution in [0.4, 0.5) is 10.1 Å². The van der Waals surface area contributed by atoms with Crippen molar-refractivity contribution in [3.8, 4) is 22.4 Å². The highest BCUT2D eigenvalue weighted by molar-refractivity contribution is 6.17. The van der Waals surface area contributed by atoms with Crippen LogP contribution in [0.2, 0.25) is 0 Å². The SMILES string of the molecule is CC(C)C1=Nc2c(c3ccc(-c4ccc(-c5cnc(C(C)C)[nH]5)c(F)c4)cc3c3cncnc23)C1. The fraction of sp³-hybridized carbons (Fsp3) is 0.241. The molecule has 0 atom stereocenters. The van der Waals surface area contributed by atoms with Gasteiger partial charge in [-0.1, -0.05) is 45.9 Å². The molecule has 5 nitrogen and oxygen atoms in total. The van der Waals surface area contributed by atoms with E-state index in [9.17, 15) is 0 Å². The van der Waals surface area contributed by atoms with Crippen molar-refractivity contribution in [2.24, 2.45) is 10.9 Å². The molecule has 0 aliphatic carbocycles. The number of aromatic nitrogens is 4. The second-order valence-electron chi connectivity index (χ2n) is 9.84. The zero-order valence-corrected chi connectivity index (χ0v) is 20.2. The van der Waals surface area contributed by atoms with Crippen molar-refractivity contribution in [3.05, 3.63) is 72.3 Å². The van der Waals surface area contributed by atoms with Crippen molar-refractivity contribution in [3.63, 3.8) is 0 Å². The first-order valence-corrected chi connectivity index (χ1v) is 12.0. The van der Waals surface area contributed by atoms with Gasteiger partial charge in [-0.15, -0.1) is 0 Å². The molecule has 1 N–H and O–H groups in total.